The monoisotopic (exact) mass is 398 g/mol. The predicted molar refractivity (Wildman–Crippen MR) is 117 cm³/mol. The zero-order valence-corrected chi connectivity index (χ0v) is 18.3. The van der Waals surface area contributed by atoms with E-state index in [-0.39, 0.29) is 23.8 Å². The third-order valence-corrected chi connectivity index (χ3v) is 6.76. The molecule has 29 heavy (non-hydrogen) atoms. The first-order chi connectivity index (χ1) is 14.0. The van der Waals surface area contributed by atoms with E-state index in [9.17, 15) is 9.59 Å². The Balaban J connectivity index is 1.44. The summed E-state index contributed by atoms with van der Waals surface area (Å²) in [4.78, 5) is 29.7. The van der Waals surface area contributed by atoms with Crippen LogP contribution in [0.5, 0.6) is 0 Å². The summed E-state index contributed by atoms with van der Waals surface area (Å²) in [6.07, 6.45) is 9.35. The number of likely N-dealkylation sites (tertiary alicyclic amines) is 1. The minimum Gasteiger partial charge on any atom is -0.343 e. The molecular formula is C25H38N2O2. The SMILES string of the molecule is CC(C)N(CCC(=O)N1CCC(Cc2ccccc2)CC1)C(=O)C1CCCCC1. The second-order valence-electron chi connectivity index (χ2n) is 9.22. The summed E-state index contributed by atoms with van der Waals surface area (Å²) >= 11 is 0. The molecule has 1 aliphatic carbocycles. The van der Waals surface area contributed by atoms with Gasteiger partial charge in [0.1, 0.15) is 0 Å². The van der Waals surface area contributed by atoms with Crippen molar-refractivity contribution in [3.63, 3.8) is 0 Å². The third-order valence-electron chi connectivity index (χ3n) is 6.76. The van der Waals surface area contributed by atoms with Crippen molar-refractivity contribution in [1.29, 1.82) is 0 Å². The van der Waals surface area contributed by atoms with E-state index >= 15 is 0 Å². The van der Waals surface area contributed by atoms with Crippen LogP contribution in [-0.2, 0) is 16.0 Å². The van der Waals surface area contributed by atoms with Crippen molar-refractivity contribution in [3.05, 3.63) is 35.9 Å². The number of hydrogen-bond donors (Lipinski definition) is 0. The molecule has 2 amide bonds. The minimum atomic E-state index is 0.161. The van der Waals surface area contributed by atoms with Crippen LogP contribution in [0.3, 0.4) is 0 Å². The standard InChI is InChI=1S/C25H38N2O2/c1-20(2)27(25(29)23-11-7-4-8-12-23)18-15-24(28)26-16-13-22(14-17-26)19-21-9-5-3-6-10-21/h3,5-6,9-10,20,22-23H,4,7-8,11-19H2,1-2H3. The molecule has 0 atom stereocenters. The van der Waals surface area contributed by atoms with Crippen LogP contribution in [0, 0.1) is 11.8 Å². The van der Waals surface area contributed by atoms with Gasteiger partial charge in [-0.05, 0) is 57.4 Å². The molecule has 1 saturated heterocycles. The molecule has 2 fully saturated rings. The first kappa shape index (κ1) is 21.9. The van der Waals surface area contributed by atoms with E-state index in [4.69, 9.17) is 0 Å². The van der Waals surface area contributed by atoms with Crippen LogP contribution >= 0.6 is 0 Å². The normalized spacial score (nSPS) is 18.8. The van der Waals surface area contributed by atoms with Gasteiger partial charge in [-0.25, -0.2) is 0 Å². The molecule has 160 valence electrons. The maximum absolute atomic E-state index is 12.9. The number of amides is 2. The Morgan fingerprint density at radius 1 is 1.00 bits per heavy atom. The van der Waals surface area contributed by atoms with Crippen molar-refractivity contribution in [1.82, 2.24) is 9.80 Å². The van der Waals surface area contributed by atoms with E-state index in [1.54, 1.807) is 0 Å². The highest BCUT2D eigenvalue weighted by molar-refractivity contribution is 5.81. The van der Waals surface area contributed by atoms with Crippen molar-refractivity contribution < 1.29 is 9.59 Å². The molecule has 4 heteroatoms. The number of hydrogen-bond acceptors (Lipinski definition) is 2. The second kappa shape index (κ2) is 10.8. The molecular weight excluding hydrogens is 360 g/mol. The highest BCUT2D eigenvalue weighted by atomic mass is 16.2. The van der Waals surface area contributed by atoms with Crippen LogP contribution in [0.25, 0.3) is 0 Å². The van der Waals surface area contributed by atoms with E-state index < -0.39 is 0 Å². The molecule has 0 spiro atoms. The van der Waals surface area contributed by atoms with Crippen molar-refractivity contribution in [2.24, 2.45) is 11.8 Å². The van der Waals surface area contributed by atoms with Gasteiger partial charge in [-0.3, -0.25) is 9.59 Å². The van der Waals surface area contributed by atoms with Crippen LogP contribution in [-0.4, -0.2) is 47.3 Å². The first-order valence-electron chi connectivity index (χ1n) is 11.7. The van der Waals surface area contributed by atoms with Crippen LogP contribution in [0.4, 0.5) is 0 Å². The summed E-state index contributed by atoms with van der Waals surface area (Å²) in [5.74, 6) is 1.33. The zero-order valence-electron chi connectivity index (χ0n) is 18.3. The summed E-state index contributed by atoms with van der Waals surface area (Å²) < 4.78 is 0. The van der Waals surface area contributed by atoms with Gasteiger partial charge in [0.25, 0.3) is 0 Å². The van der Waals surface area contributed by atoms with Gasteiger partial charge in [-0.2, -0.15) is 0 Å². The Morgan fingerprint density at radius 2 is 1.66 bits per heavy atom. The Kier molecular flexibility index (Phi) is 8.14. The van der Waals surface area contributed by atoms with E-state index in [0.717, 1.165) is 45.2 Å². The maximum Gasteiger partial charge on any atom is 0.225 e. The number of rotatable bonds is 7. The number of carbonyl (C=O) groups excluding carboxylic acids is 2. The van der Waals surface area contributed by atoms with Gasteiger partial charge in [0.2, 0.25) is 11.8 Å². The predicted octanol–water partition coefficient (Wildman–Crippen LogP) is 4.68. The molecule has 3 rings (SSSR count). The molecule has 2 aliphatic rings. The summed E-state index contributed by atoms with van der Waals surface area (Å²) in [5.41, 5.74) is 1.39. The molecule has 4 nitrogen and oxygen atoms in total. The van der Waals surface area contributed by atoms with Crippen molar-refractivity contribution >= 4 is 11.8 Å². The van der Waals surface area contributed by atoms with Gasteiger partial charge >= 0.3 is 0 Å². The fraction of sp³-hybridized carbons (Fsp3) is 0.680. The Labute approximate surface area is 176 Å². The van der Waals surface area contributed by atoms with Gasteiger partial charge in [0, 0.05) is 38.0 Å². The highest BCUT2D eigenvalue weighted by Gasteiger charge is 2.29. The van der Waals surface area contributed by atoms with E-state index in [1.807, 2.05) is 9.80 Å². The molecule has 1 aromatic carbocycles. The molecule has 0 bridgehead atoms. The minimum absolute atomic E-state index is 0.161. The number of piperidine rings is 1. The molecule has 1 heterocycles. The topological polar surface area (TPSA) is 40.6 Å². The lowest BCUT2D eigenvalue weighted by atomic mass is 9.88. The Hall–Kier alpha value is -1.84. The maximum atomic E-state index is 12.9. The van der Waals surface area contributed by atoms with Crippen LogP contribution in [0.1, 0.15) is 70.8 Å². The van der Waals surface area contributed by atoms with Gasteiger partial charge in [-0.1, -0.05) is 49.6 Å². The summed E-state index contributed by atoms with van der Waals surface area (Å²) in [7, 11) is 0. The second-order valence-corrected chi connectivity index (χ2v) is 9.22. The summed E-state index contributed by atoms with van der Waals surface area (Å²) in [6, 6.07) is 10.8. The van der Waals surface area contributed by atoms with Crippen LogP contribution in [0.15, 0.2) is 30.3 Å². The van der Waals surface area contributed by atoms with Crippen molar-refractivity contribution in [2.75, 3.05) is 19.6 Å². The van der Waals surface area contributed by atoms with Crippen molar-refractivity contribution in [2.45, 2.75) is 77.7 Å². The van der Waals surface area contributed by atoms with Crippen molar-refractivity contribution in [3.8, 4) is 0 Å². The lowest BCUT2D eigenvalue weighted by molar-refractivity contribution is -0.140. The Morgan fingerprint density at radius 3 is 2.28 bits per heavy atom. The largest absolute Gasteiger partial charge is 0.343 e. The van der Waals surface area contributed by atoms with Crippen LogP contribution < -0.4 is 0 Å². The quantitative estimate of drug-likeness (QED) is 0.669. The fourth-order valence-electron chi connectivity index (χ4n) is 4.92. The van der Waals surface area contributed by atoms with E-state index in [2.05, 4.69) is 44.2 Å². The van der Waals surface area contributed by atoms with Gasteiger partial charge in [-0.15, -0.1) is 0 Å². The highest BCUT2D eigenvalue weighted by Crippen LogP contribution is 2.26. The van der Waals surface area contributed by atoms with Gasteiger partial charge < -0.3 is 9.80 Å². The molecule has 0 N–H and O–H groups in total. The van der Waals surface area contributed by atoms with Crippen LogP contribution in [0.2, 0.25) is 0 Å². The van der Waals surface area contributed by atoms with E-state index in [0.29, 0.717) is 18.9 Å². The summed E-state index contributed by atoms with van der Waals surface area (Å²) in [6.45, 7) is 6.42. The average molecular weight is 399 g/mol. The van der Waals surface area contributed by atoms with E-state index in [1.165, 1.54) is 24.8 Å². The smallest absolute Gasteiger partial charge is 0.225 e. The molecule has 1 aromatic rings. The lowest BCUT2D eigenvalue weighted by Crippen LogP contribution is -2.45. The molecule has 0 radical (unpaired) electrons. The Bertz CT molecular complexity index is 644. The third kappa shape index (κ3) is 6.32. The molecule has 1 saturated carbocycles. The lowest BCUT2D eigenvalue weighted by Gasteiger charge is -2.34. The average Bonchev–Trinajstić information content (AvgIpc) is 2.75. The number of carbonyl (C=O) groups is 2. The number of nitrogens with zero attached hydrogens (tertiary/aromatic N) is 2. The van der Waals surface area contributed by atoms with Gasteiger partial charge in [0.05, 0.1) is 0 Å². The first-order valence-corrected chi connectivity index (χ1v) is 11.7. The van der Waals surface area contributed by atoms with Gasteiger partial charge in [0.15, 0.2) is 0 Å². The summed E-state index contributed by atoms with van der Waals surface area (Å²) in [5, 5.41) is 0. The number of benzene rings is 1. The molecule has 1 aliphatic heterocycles. The molecule has 0 aromatic heterocycles. The fourth-order valence-corrected chi connectivity index (χ4v) is 4.92. The molecule has 0 unspecified atom stereocenters. The zero-order chi connectivity index (χ0) is 20.6.